The summed E-state index contributed by atoms with van der Waals surface area (Å²) in [6, 6.07) is 37.2. The van der Waals surface area contributed by atoms with Crippen LogP contribution in [0.15, 0.2) is 110 Å². The van der Waals surface area contributed by atoms with E-state index in [0.717, 1.165) is 66.3 Å². The third-order valence-electron chi connectivity index (χ3n) is 11.8. The van der Waals surface area contributed by atoms with Crippen LogP contribution in [0.25, 0.3) is 77.4 Å². The van der Waals surface area contributed by atoms with E-state index in [1.54, 1.807) is 6.20 Å². The number of hydrogen-bond acceptors (Lipinski definition) is 5. The molecule has 0 aliphatic heterocycles. The molecule has 0 fully saturated rings. The quantitative estimate of drug-likeness (QED) is 0.112. The van der Waals surface area contributed by atoms with Crippen LogP contribution in [-0.2, 0) is 21.1 Å². The van der Waals surface area contributed by atoms with Gasteiger partial charge in [-0.1, -0.05) is 150 Å². The van der Waals surface area contributed by atoms with E-state index in [1.807, 2.05) is 41.2 Å². The van der Waals surface area contributed by atoms with Gasteiger partial charge in [0.15, 0.2) is 0 Å². The fourth-order valence-corrected chi connectivity index (χ4v) is 9.03. The number of imidazole rings is 2. The van der Waals surface area contributed by atoms with Gasteiger partial charge in [-0.2, -0.15) is 0 Å². The van der Waals surface area contributed by atoms with E-state index in [4.69, 9.17) is 14.7 Å². The molecule has 0 radical (unpaired) electrons. The van der Waals surface area contributed by atoms with E-state index < -0.39 is 0 Å². The Labute approximate surface area is 364 Å². The molecule has 0 atom stereocenters. The van der Waals surface area contributed by atoms with Crippen molar-refractivity contribution in [2.75, 3.05) is 0 Å². The fraction of sp³-hybridized carbons (Fsp3) is 0.231. The average Bonchev–Trinajstić information content (AvgIpc) is 3.92. The van der Waals surface area contributed by atoms with Crippen molar-refractivity contribution in [3.05, 3.63) is 144 Å². The van der Waals surface area contributed by atoms with Gasteiger partial charge >= 0.3 is 21.1 Å². The molecule has 0 aliphatic carbocycles. The van der Waals surface area contributed by atoms with Crippen LogP contribution in [-0.4, -0.2) is 28.7 Å². The van der Waals surface area contributed by atoms with Gasteiger partial charge in [-0.05, 0) is 68.8 Å². The number of pyridine rings is 4. The minimum atomic E-state index is 0. The Balaban J connectivity index is 0.00000462. The van der Waals surface area contributed by atoms with Gasteiger partial charge in [-0.25, -0.2) is 9.97 Å². The van der Waals surface area contributed by atoms with E-state index >= 15 is 0 Å². The van der Waals surface area contributed by atoms with E-state index in [2.05, 4.69) is 149 Å². The molecule has 0 saturated heterocycles. The van der Waals surface area contributed by atoms with Crippen molar-refractivity contribution in [2.24, 2.45) is 0 Å². The second-order valence-corrected chi connectivity index (χ2v) is 16.9. The standard InChI is InChI=1S/C52H46N6O.Pt/c1-29(2)35-12-9-13-36(30(3)4)47(35)45-22-21-42-40-20-18-34(59-33-17-19-39-41-16-11-23-53-49(41)57-25-24-54-50(57)43(39)26-33)27-44(40)51-55-28-46(58(51)52(42)56-45)48-37(31(5)6)14-10-15-38(48)32(7)8;/h9-25,28-32H,1-8H3;/q-2;+2. The Morgan fingerprint density at radius 2 is 1.03 bits per heavy atom. The summed E-state index contributed by atoms with van der Waals surface area (Å²) in [5.74, 6) is 2.43. The SMILES string of the molecule is CC(C)c1cccc(C(C)C)c1-c1ccc2c3ccc(Oc4[c-]c5c(cc4)c4cccnc4n4ccnc54)[c-]c3c3ncc(-c4c(C(C)C)cccc4C(C)C)n3c2n1.[Pt+2]. The number of hydrogen-bond donors (Lipinski definition) is 0. The predicted octanol–water partition coefficient (Wildman–Crippen LogP) is 13.6. The third-order valence-corrected chi connectivity index (χ3v) is 11.8. The van der Waals surface area contributed by atoms with Crippen molar-refractivity contribution in [2.45, 2.75) is 79.1 Å². The van der Waals surface area contributed by atoms with Gasteiger partial charge in [-0.3, -0.25) is 9.97 Å². The second kappa shape index (κ2) is 15.3. The molecule has 4 aromatic carbocycles. The Bertz CT molecular complexity index is 3230. The van der Waals surface area contributed by atoms with Gasteiger partial charge in [0.05, 0.1) is 22.7 Å². The van der Waals surface area contributed by atoms with Crippen molar-refractivity contribution in [1.82, 2.24) is 28.7 Å². The summed E-state index contributed by atoms with van der Waals surface area (Å²) in [6.07, 6.45) is 7.57. The van der Waals surface area contributed by atoms with E-state index in [9.17, 15) is 0 Å². The van der Waals surface area contributed by atoms with Crippen molar-refractivity contribution < 1.29 is 25.8 Å². The number of benzene rings is 4. The monoisotopic (exact) mass is 965 g/mol. The summed E-state index contributed by atoms with van der Waals surface area (Å²) >= 11 is 0. The van der Waals surface area contributed by atoms with Gasteiger partial charge in [0.2, 0.25) is 0 Å². The Hall–Kier alpha value is -5.91. The molecule has 0 N–H and O–H groups in total. The maximum atomic E-state index is 6.62. The summed E-state index contributed by atoms with van der Waals surface area (Å²) in [6.45, 7) is 18.1. The topological polar surface area (TPSA) is 69.6 Å². The number of rotatable bonds is 8. The summed E-state index contributed by atoms with van der Waals surface area (Å²) < 4.78 is 10.9. The molecule has 6 heterocycles. The van der Waals surface area contributed by atoms with Gasteiger partial charge in [0, 0.05) is 47.4 Å². The first-order valence-electron chi connectivity index (χ1n) is 20.7. The van der Waals surface area contributed by atoms with Crippen LogP contribution in [0.1, 0.15) is 101 Å². The minimum absolute atomic E-state index is 0. The normalized spacial score (nSPS) is 12.1. The molecule has 7 nitrogen and oxygen atoms in total. The molecule has 300 valence electrons. The average molecular weight is 966 g/mol. The minimum Gasteiger partial charge on any atom is -0.497 e. The van der Waals surface area contributed by atoms with E-state index in [-0.39, 0.29) is 21.1 Å². The first-order chi connectivity index (χ1) is 28.6. The Morgan fingerprint density at radius 1 is 0.500 bits per heavy atom. The zero-order valence-corrected chi connectivity index (χ0v) is 37.4. The van der Waals surface area contributed by atoms with Crippen LogP contribution in [0, 0.1) is 12.1 Å². The van der Waals surface area contributed by atoms with E-state index in [1.165, 1.54) is 33.4 Å². The van der Waals surface area contributed by atoms with Crippen LogP contribution in [0.2, 0.25) is 0 Å². The first-order valence-corrected chi connectivity index (χ1v) is 20.7. The smallest absolute Gasteiger partial charge is 0.497 e. The number of fused-ring (bicyclic) bond motifs is 12. The number of ether oxygens (including phenoxy) is 1. The summed E-state index contributed by atoms with van der Waals surface area (Å²) in [7, 11) is 0. The van der Waals surface area contributed by atoms with Crippen LogP contribution in [0.3, 0.4) is 0 Å². The number of nitrogens with zero attached hydrogens (tertiary/aromatic N) is 6. The summed E-state index contributed by atoms with van der Waals surface area (Å²) in [5.41, 5.74) is 12.9. The largest absolute Gasteiger partial charge is 2.00 e. The fourth-order valence-electron chi connectivity index (χ4n) is 9.03. The molecule has 0 unspecified atom stereocenters. The van der Waals surface area contributed by atoms with Crippen LogP contribution < -0.4 is 4.74 Å². The van der Waals surface area contributed by atoms with Gasteiger partial charge in [0.1, 0.15) is 11.3 Å². The molecule has 0 amide bonds. The Kier molecular flexibility index (Phi) is 10.1. The molecule has 0 bridgehead atoms. The molecular formula is C52H46N6OPt. The van der Waals surface area contributed by atoms with Crippen LogP contribution in [0.5, 0.6) is 11.5 Å². The first kappa shape index (κ1) is 39.5. The molecule has 0 spiro atoms. The van der Waals surface area contributed by atoms with Crippen LogP contribution >= 0.6 is 0 Å². The van der Waals surface area contributed by atoms with Crippen molar-refractivity contribution in [3.8, 4) is 34.0 Å². The van der Waals surface area contributed by atoms with Gasteiger partial charge in [-0.15, -0.1) is 12.1 Å². The molecule has 10 rings (SSSR count). The molecule has 10 aromatic rings. The van der Waals surface area contributed by atoms with Gasteiger partial charge in [0.25, 0.3) is 0 Å². The summed E-state index contributed by atoms with van der Waals surface area (Å²) in [4.78, 5) is 20.2. The zero-order chi connectivity index (χ0) is 40.7. The molecule has 60 heavy (non-hydrogen) atoms. The van der Waals surface area contributed by atoms with Crippen LogP contribution in [0.4, 0.5) is 0 Å². The van der Waals surface area contributed by atoms with E-state index in [0.29, 0.717) is 35.2 Å². The maximum Gasteiger partial charge on any atom is 2.00 e. The maximum absolute atomic E-state index is 6.62. The molecule has 6 aromatic heterocycles. The second-order valence-electron chi connectivity index (χ2n) is 16.9. The molecule has 8 heteroatoms. The third kappa shape index (κ3) is 6.28. The van der Waals surface area contributed by atoms with Gasteiger partial charge < -0.3 is 13.5 Å². The molecule has 0 aliphatic rings. The van der Waals surface area contributed by atoms with Crippen molar-refractivity contribution >= 4 is 54.9 Å². The molecular weight excluding hydrogens is 920 g/mol. The summed E-state index contributed by atoms with van der Waals surface area (Å²) in [5, 5.41) is 5.82. The zero-order valence-electron chi connectivity index (χ0n) is 35.1. The number of aromatic nitrogens is 6. The predicted molar refractivity (Wildman–Crippen MR) is 241 cm³/mol. The Morgan fingerprint density at radius 3 is 1.63 bits per heavy atom. The molecule has 0 saturated carbocycles. The van der Waals surface area contributed by atoms with Crippen molar-refractivity contribution in [3.63, 3.8) is 0 Å². The van der Waals surface area contributed by atoms with Crippen molar-refractivity contribution in [1.29, 1.82) is 0 Å².